The van der Waals surface area contributed by atoms with Crippen LogP contribution in [-0.4, -0.2) is 86.8 Å². The van der Waals surface area contributed by atoms with Gasteiger partial charge in [-0.05, 0) is 56.2 Å². The van der Waals surface area contributed by atoms with E-state index in [0.29, 0.717) is 56.3 Å². The van der Waals surface area contributed by atoms with Crippen LogP contribution in [0.5, 0.6) is 0 Å². The third-order valence-electron chi connectivity index (χ3n) is 8.63. The number of fused-ring (bicyclic) bond motifs is 1. The van der Waals surface area contributed by atoms with Crippen molar-refractivity contribution in [2.45, 2.75) is 38.6 Å². The molecule has 2 aromatic carbocycles. The number of benzene rings is 2. The third kappa shape index (κ3) is 6.29. The van der Waals surface area contributed by atoms with Crippen LogP contribution in [0.4, 0.5) is 18.9 Å². The number of carbonyl (C=O) groups is 1. The van der Waals surface area contributed by atoms with Gasteiger partial charge in [-0.2, -0.15) is 13.2 Å². The summed E-state index contributed by atoms with van der Waals surface area (Å²) in [6, 6.07) is 15.2. The number of carbonyl (C=O) groups excluding carboxylic acids is 1. The number of β-amino-alcohol motifs (C(OH)–C–C–N with tert-alkyl or cyclic N) is 1. The highest BCUT2D eigenvalue weighted by Crippen LogP contribution is 2.32. The first-order valence-corrected chi connectivity index (χ1v) is 15.4. The minimum Gasteiger partial charge on any atom is -0.390 e. The minimum absolute atomic E-state index is 0.0212. The number of anilines is 1. The van der Waals surface area contributed by atoms with Crippen LogP contribution in [-0.2, 0) is 12.7 Å². The Morgan fingerprint density at radius 1 is 0.891 bits per heavy atom. The lowest BCUT2D eigenvalue weighted by Gasteiger charge is -2.37. The zero-order chi connectivity index (χ0) is 32.6. The first-order valence-electron chi connectivity index (χ1n) is 15.4. The zero-order valence-corrected chi connectivity index (χ0v) is 25.4. The van der Waals surface area contributed by atoms with Crippen molar-refractivity contribution >= 4 is 22.6 Å². The van der Waals surface area contributed by atoms with Gasteiger partial charge < -0.3 is 14.9 Å². The Hall–Kier alpha value is -4.49. The molecule has 0 spiro atoms. The number of likely N-dealkylation sites (tertiary alicyclic amines) is 1. The smallest absolute Gasteiger partial charge is 0.390 e. The molecule has 0 aliphatic carbocycles. The summed E-state index contributed by atoms with van der Waals surface area (Å²) in [4.78, 5) is 51.7. The van der Waals surface area contributed by atoms with E-state index in [1.807, 2.05) is 9.80 Å². The summed E-state index contributed by atoms with van der Waals surface area (Å²) in [6.45, 7) is 4.72. The van der Waals surface area contributed by atoms with Gasteiger partial charge in [-0.25, -0.2) is 14.3 Å². The van der Waals surface area contributed by atoms with Crippen molar-refractivity contribution in [1.29, 1.82) is 0 Å². The minimum atomic E-state index is -4.43. The largest absolute Gasteiger partial charge is 0.416 e. The number of amides is 1. The van der Waals surface area contributed by atoms with E-state index < -0.39 is 29.1 Å². The predicted octanol–water partition coefficient (Wildman–Crippen LogP) is 3.29. The Bertz CT molecular complexity index is 1860. The van der Waals surface area contributed by atoms with Crippen LogP contribution < -0.4 is 16.1 Å². The Labute approximate surface area is 262 Å². The SMILES string of the molecule is Cc1cc(C(=O)N2CCCC2)c2c(=O)n(-c3ccccc3)c(=O)n(CC(O)CN3CCN(c4cccc(C(F)(F)F)c4)CC3)c2n1. The van der Waals surface area contributed by atoms with E-state index in [1.54, 1.807) is 54.3 Å². The molecule has 1 amide bonds. The van der Waals surface area contributed by atoms with E-state index >= 15 is 0 Å². The molecule has 0 bridgehead atoms. The fourth-order valence-corrected chi connectivity index (χ4v) is 6.34. The summed E-state index contributed by atoms with van der Waals surface area (Å²) >= 11 is 0. The maximum absolute atomic E-state index is 14.0. The summed E-state index contributed by atoms with van der Waals surface area (Å²) in [5.74, 6) is -0.297. The summed E-state index contributed by atoms with van der Waals surface area (Å²) in [6.07, 6.45) is -3.74. The third-order valence-corrected chi connectivity index (χ3v) is 8.63. The van der Waals surface area contributed by atoms with Gasteiger partial charge in [0.25, 0.3) is 11.5 Å². The van der Waals surface area contributed by atoms with Gasteiger partial charge >= 0.3 is 11.9 Å². The number of aromatic nitrogens is 3. The average Bonchev–Trinajstić information content (AvgIpc) is 3.58. The summed E-state index contributed by atoms with van der Waals surface area (Å²) in [7, 11) is 0. The average molecular weight is 637 g/mol. The quantitative estimate of drug-likeness (QED) is 0.332. The van der Waals surface area contributed by atoms with Crippen LogP contribution in [0, 0.1) is 6.92 Å². The molecule has 242 valence electrons. The second-order valence-corrected chi connectivity index (χ2v) is 11.9. The molecule has 46 heavy (non-hydrogen) atoms. The molecule has 4 aromatic rings. The highest BCUT2D eigenvalue weighted by atomic mass is 19.4. The van der Waals surface area contributed by atoms with Crippen LogP contribution in [0.2, 0.25) is 0 Å². The number of hydrogen-bond acceptors (Lipinski definition) is 7. The first-order chi connectivity index (χ1) is 22.0. The summed E-state index contributed by atoms with van der Waals surface area (Å²) in [5.41, 5.74) is -0.559. The van der Waals surface area contributed by atoms with Crippen LogP contribution in [0.3, 0.4) is 0 Å². The number of aliphatic hydroxyl groups is 1. The lowest BCUT2D eigenvalue weighted by atomic mass is 10.1. The van der Waals surface area contributed by atoms with E-state index in [4.69, 9.17) is 0 Å². The molecule has 4 heterocycles. The molecule has 0 saturated carbocycles. The molecule has 13 heteroatoms. The Morgan fingerprint density at radius 3 is 2.24 bits per heavy atom. The number of pyridine rings is 1. The van der Waals surface area contributed by atoms with Crippen LogP contribution in [0.15, 0.2) is 70.3 Å². The number of aliphatic hydroxyl groups excluding tert-OH is 1. The number of aryl methyl sites for hydroxylation is 1. The highest BCUT2D eigenvalue weighted by molar-refractivity contribution is 6.05. The van der Waals surface area contributed by atoms with E-state index in [2.05, 4.69) is 4.98 Å². The van der Waals surface area contributed by atoms with Crippen molar-refractivity contribution in [3.63, 3.8) is 0 Å². The summed E-state index contributed by atoms with van der Waals surface area (Å²) in [5, 5.41) is 11.3. The van der Waals surface area contributed by atoms with Gasteiger partial charge in [0.2, 0.25) is 0 Å². The van der Waals surface area contributed by atoms with E-state index in [-0.39, 0.29) is 35.6 Å². The van der Waals surface area contributed by atoms with Crippen LogP contribution >= 0.6 is 0 Å². The van der Waals surface area contributed by atoms with Crippen molar-refractivity contribution in [2.75, 3.05) is 50.7 Å². The van der Waals surface area contributed by atoms with Gasteiger partial charge in [-0.1, -0.05) is 24.3 Å². The maximum atomic E-state index is 14.0. The lowest BCUT2D eigenvalue weighted by molar-refractivity contribution is -0.137. The molecule has 2 aromatic heterocycles. The molecule has 1 N–H and O–H groups in total. The van der Waals surface area contributed by atoms with Gasteiger partial charge in [0.15, 0.2) is 5.65 Å². The molecular formula is C33H35F3N6O4. The van der Waals surface area contributed by atoms with Gasteiger partial charge in [-0.15, -0.1) is 0 Å². The molecule has 10 nitrogen and oxygen atoms in total. The zero-order valence-electron chi connectivity index (χ0n) is 25.4. The molecule has 2 saturated heterocycles. The molecule has 1 unspecified atom stereocenters. The van der Waals surface area contributed by atoms with Crippen molar-refractivity contribution in [3.05, 3.63) is 98.3 Å². The van der Waals surface area contributed by atoms with Crippen molar-refractivity contribution in [3.8, 4) is 5.69 Å². The van der Waals surface area contributed by atoms with Crippen molar-refractivity contribution in [2.24, 2.45) is 0 Å². The van der Waals surface area contributed by atoms with Crippen LogP contribution in [0.25, 0.3) is 16.7 Å². The molecule has 2 aliphatic rings. The fourth-order valence-electron chi connectivity index (χ4n) is 6.34. The first kappa shape index (κ1) is 31.5. The Balaban J connectivity index is 1.29. The van der Waals surface area contributed by atoms with Crippen LogP contribution in [0.1, 0.15) is 34.5 Å². The number of piperazine rings is 1. The monoisotopic (exact) mass is 636 g/mol. The number of rotatable bonds is 7. The van der Waals surface area contributed by atoms with E-state index in [0.717, 1.165) is 29.5 Å². The topological polar surface area (TPSA) is 104 Å². The second-order valence-electron chi connectivity index (χ2n) is 11.9. The van der Waals surface area contributed by atoms with Gasteiger partial charge in [0, 0.05) is 57.2 Å². The molecule has 1 atom stereocenters. The van der Waals surface area contributed by atoms with Crippen molar-refractivity contribution < 1.29 is 23.1 Å². The standard InChI is InChI=1S/C33H35F3N6O4/c1-22-18-27(30(44)40-12-5-6-13-40)28-29(37-22)41(32(46)42(31(28)45)24-9-3-2-4-10-24)21-26(43)20-38-14-16-39(17-15-38)25-11-7-8-23(19-25)33(34,35)36/h2-4,7-11,18-19,26,43H,5-6,12-17,20-21H2,1H3. The number of para-hydroxylation sites is 1. The second kappa shape index (κ2) is 12.7. The predicted molar refractivity (Wildman–Crippen MR) is 168 cm³/mol. The molecular weight excluding hydrogens is 601 g/mol. The highest BCUT2D eigenvalue weighted by Gasteiger charge is 2.32. The number of hydrogen-bond donors (Lipinski definition) is 1. The number of halogens is 3. The Morgan fingerprint density at radius 2 is 1.57 bits per heavy atom. The molecule has 6 rings (SSSR count). The molecule has 0 radical (unpaired) electrons. The molecule has 2 aliphatic heterocycles. The van der Waals surface area contributed by atoms with Crippen molar-refractivity contribution in [1.82, 2.24) is 23.9 Å². The van der Waals surface area contributed by atoms with E-state index in [1.165, 1.54) is 10.6 Å². The Kier molecular flexibility index (Phi) is 8.71. The molecule has 2 fully saturated rings. The summed E-state index contributed by atoms with van der Waals surface area (Å²) < 4.78 is 41.9. The van der Waals surface area contributed by atoms with E-state index in [9.17, 15) is 32.7 Å². The normalized spacial score (nSPS) is 16.7. The number of alkyl halides is 3. The fraction of sp³-hybridized carbons (Fsp3) is 0.394. The number of nitrogens with zero attached hydrogens (tertiary/aromatic N) is 6. The lowest BCUT2D eigenvalue weighted by Crippen LogP contribution is -2.50. The maximum Gasteiger partial charge on any atom is 0.416 e. The van der Waals surface area contributed by atoms with Gasteiger partial charge in [0.1, 0.15) is 0 Å². The van der Waals surface area contributed by atoms with Gasteiger partial charge in [-0.3, -0.25) is 19.1 Å². The van der Waals surface area contributed by atoms with Gasteiger partial charge in [0.05, 0.1) is 34.8 Å².